The number of anilines is 1. The van der Waals surface area contributed by atoms with Crippen molar-refractivity contribution in [2.75, 3.05) is 57.4 Å². The first-order chi connectivity index (χ1) is 30.7. The molecule has 3 heterocycles. The van der Waals surface area contributed by atoms with Crippen LogP contribution >= 0.6 is 11.6 Å². The molecule has 3 atom stereocenters. The van der Waals surface area contributed by atoms with Gasteiger partial charge in [-0.1, -0.05) is 72.2 Å². The van der Waals surface area contributed by atoms with E-state index in [2.05, 4.69) is 70.6 Å². The lowest BCUT2D eigenvalue weighted by Crippen LogP contribution is -2.74. The Balaban J connectivity index is 0.917. The molecule has 16 nitrogen and oxygen atoms in total. The Morgan fingerprint density at radius 2 is 1.66 bits per heavy atom. The van der Waals surface area contributed by atoms with Crippen LogP contribution in [0.15, 0.2) is 60.8 Å². The summed E-state index contributed by atoms with van der Waals surface area (Å²) in [6, 6.07) is 17.5. The van der Waals surface area contributed by atoms with E-state index < -0.39 is 52.2 Å². The van der Waals surface area contributed by atoms with Gasteiger partial charge in [-0.15, -0.1) is 0 Å². The SMILES string of the molecule is CC(C)(C)C(NC(=O)COCCN1CCN(c2ccc(C(=O)NC3C(C)(C)C(Oc4ccc(C#N)c(Cl)c4)C3(C)C)cn2)CC1)C(=O)N1C[C@H](O)C[C@H]1C(=O)NCc1ccc(C#N)cc1. The van der Waals surface area contributed by atoms with Crippen LogP contribution in [0.4, 0.5) is 5.82 Å². The van der Waals surface area contributed by atoms with Crippen LogP contribution in [0.3, 0.4) is 0 Å². The molecule has 346 valence electrons. The second-order valence-corrected chi connectivity index (χ2v) is 19.8. The van der Waals surface area contributed by atoms with Crippen LogP contribution in [-0.4, -0.2) is 126 Å². The lowest BCUT2D eigenvalue weighted by Gasteiger charge is -2.63. The third-order valence-corrected chi connectivity index (χ3v) is 13.1. The summed E-state index contributed by atoms with van der Waals surface area (Å²) in [7, 11) is 0. The van der Waals surface area contributed by atoms with E-state index in [4.69, 9.17) is 26.3 Å². The number of nitrogens with zero attached hydrogens (tertiary/aromatic N) is 6. The van der Waals surface area contributed by atoms with Gasteiger partial charge in [0.25, 0.3) is 5.91 Å². The number of aliphatic hydroxyl groups excluding tert-OH is 1. The highest BCUT2D eigenvalue weighted by atomic mass is 35.5. The number of benzene rings is 2. The Labute approximate surface area is 386 Å². The lowest BCUT2D eigenvalue weighted by atomic mass is 9.49. The maximum absolute atomic E-state index is 13.9. The van der Waals surface area contributed by atoms with E-state index in [0.717, 1.165) is 24.5 Å². The van der Waals surface area contributed by atoms with Gasteiger partial charge in [0.2, 0.25) is 17.7 Å². The molecule has 3 fully saturated rings. The third kappa shape index (κ3) is 11.4. The molecule has 17 heteroatoms. The number of carbonyl (C=O) groups excluding carboxylic acids is 4. The average Bonchev–Trinajstić information content (AvgIpc) is 3.68. The fraction of sp³-hybridized carbons (Fsp3) is 0.521. The van der Waals surface area contributed by atoms with Gasteiger partial charge in [0.1, 0.15) is 42.4 Å². The normalized spacial score (nSPS) is 21.8. The van der Waals surface area contributed by atoms with Gasteiger partial charge in [0, 0.05) is 81.4 Å². The molecule has 3 aliphatic rings. The van der Waals surface area contributed by atoms with E-state index in [1.54, 1.807) is 54.7 Å². The lowest BCUT2D eigenvalue weighted by molar-refractivity contribution is -0.164. The van der Waals surface area contributed by atoms with Gasteiger partial charge in [-0.3, -0.25) is 24.1 Å². The summed E-state index contributed by atoms with van der Waals surface area (Å²) in [5.41, 5.74) is 0.620. The zero-order chi connectivity index (χ0) is 47.3. The summed E-state index contributed by atoms with van der Waals surface area (Å²) in [6.45, 7) is 17.4. The molecule has 0 bridgehead atoms. The molecular weight excluding hydrogens is 850 g/mol. The minimum Gasteiger partial charge on any atom is -0.489 e. The zero-order valence-corrected chi connectivity index (χ0v) is 38.9. The molecular formula is C48H60ClN9O7. The van der Waals surface area contributed by atoms with Crippen LogP contribution in [-0.2, 0) is 25.7 Å². The van der Waals surface area contributed by atoms with Gasteiger partial charge in [0.05, 0.1) is 40.5 Å². The fourth-order valence-electron chi connectivity index (χ4n) is 9.40. The molecule has 1 aliphatic carbocycles. The summed E-state index contributed by atoms with van der Waals surface area (Å²) in [6.07, 6.45) is 0.567. The quantitative estimate of drug-likeness (QED) is 0.159. The van der Waals surface area contributed by atoms with Crippen molar-refractivity contribution in [2.24, 2.45) is 16.2 Å². The highest BCUT2D eigenvalue weighted by molar-refractivity contribution is 6.31. The van der Waals surface area contributed by atoms with Crippen LogP contribution in [0, 0.1) is 38.9 Å². The minimum atomic E-state index is -0.972. The molecule has 4 amide bonds. The first kappa shape index (κ1) is 48.7. The van der Waals surface area contributed by atoms with Crippen molar-refractivity contribution in [1.82, 2.24) is 30.7 Å². The number of aromatic nitrogens is 1. The number of nitriles is 2. The third-order valence-electron chi connectivity index (χ3n) is 12.8. The van der Waals surface area contributed by atoms with E-state index in [1.807, 2.05) is 26.8 Å². The number of β-amino-alcohol motifs (C(OH)–C–C–N with tert-alkyl or cyclic N) is 1. The summed E-state index contributed by atoms with van der Waals surface area (Å²) >= 11 is 6.24. The number of rotatable bonds is 15. The maximum Gasteiger partial charge on any atom is 0.253 e. The standard InChI is InChI=1S/C48H60ClN9O7/c1-46(2,3)40(43(63)58-28-34(59)22-37(58)42(62)53-26-31-10-8-30(24-50)9-11-31)54-39(60)29-64-21-20-56-16-18-57(19-17-56)38-15-13-33(27-52-38)41(61)55-44-47(4,5)45(48(44,6)7)65-35-14-12-32(25-51)36(49)23-35/h8-15,23,27,34,37,40,44-45,59H,16-22,26,28-29H2,1-7H3,(H,53,62)(H,54,60)(H,55,61)/t34-,37+,40?,44?,45?/m1/s1. The number of amides is 4. The number of halogens is 1. The molecule has 1 unspecified atom stereocenters. The highest BCUT2D eigenvalue weighted by Gasteiger charge is 2.64. The van der Waals surface area contributed by atoms with Gasteiger partial charge in [-0.05, 0) is 47.4 Å². The van der Waals surface area contributed by atoms with Crippen molar-refractivity contribution in [2.45, 2.75) is 91.8 Å². The Morgan fingerprint density at radius 1 is 0.969 bits per heavy atom. The van der Waals surface area contributed by atoms with Gasteiger partial charge in [-0.25, -0.2) is 4.98 Å². The number of hydrogen-bond donors (Lipinski definition) is 4. The second-order valence-electron chi connectivity index (χ2n) is 19.4. The van der Waals surface area contributed by atoms with Crippen molar-refractivity contribution in [1.29, 1.82) is 10.5 Å². The van der Waals surface area contributed by atoms with E-state index in [9.17, 15) is 29.5 Å². The van der Waals surface area contributed by atoms with Crippen molar-refractivity contribution in [3.8, 4) is 17.9 Å². The Hall–Kier alpha value is -5.78. The monoisotopic (exact) mass is 909 g/mol. The Morgan fingerprint density at radius 3 is 2.26 bits per heavy atom. The number of hydrogen-bond acceptors (Lipinski definition) is 12. The van der Waals surface area contributed by atoms with Crippen LogP contribution in [0.5, 0.6) is 5.75 Å². The van der Waals surface area contributed by atoms with Crippen molar-refractivity contribution >= 4 is 41.0 Å². The fourth-order valence-corrected chi connectivity index (χ4v) is 9.62. The second kappa shape index (κ2) is 20.2. The molecule has 2 aromatic carbocycles. The first-order valence-corrected chi connectivity index (χ1v) is 22.3. The van der Waals surface area contributed by atoms with Gasteiger partial charge in [0.15, 0.2) is 0 Å². The largest absolute Gasteiger partial charge is 0.489 e. The summed E-state index contributed by atoms with van der Waals surface area (Å²) in [5, 5.41) is 38.0. The molecule has 4 N–H and O–H groups in total. The zero-order valence-electron chi connectivity index (χ0n) is 38.2. The van der Waals surface area contributed by atoms with Gasteiger partial charge < -0.3 is 40.3 Å². The summed E-state index contributed by atoms with van der Waals surface area (Å²) < 4.78 is 12.1. The van der Waals surface area contributed by atoms with Crippen molar-refractivity contribution in [3.05, 3.63) is 88.1 Å². The van der Waals surface area contributed by atoms with E-state index >= 15 is 0 Å². The van der Waals surface area contributed by atoms with Crippen LogP contribution < -0.4 is 25.6 Å². The number of aliphatic hydroxyl groups is 1. The van der Waals surface area contributed by atoms with Crippen LogP contribution in [0.1, 0.15) is 81.9 Å². The van der Waals surface area contributed by atoms with Gasteiger partial charge >= 0.3 is 0 Å². The summed E-state index contributed by atoms with van der Waals surface area (Å²) in [4.78, 5) is 64.1. The molecule has 0 radical (unpaired) electrons. The molecule has 2 saturated heterocycles. The summed E-state index contributed by atoms with van der Waals surface area (Å²) in [5.74, 6) is -0.205. The maximum atomic E-state index is 13.9. The number of nitrogens with one attached hydrogen (secondary N) is 3. The molecule has 6 rings (SSSR count). The molecule has 3 aromatic rings. The smallest absolute Gasteiger partial charge is 0.253 e. The number of piperazine rings is 1. The van der Waals surface area contributed by atoms with E-state index in [1.165, 1.54) is 4.90 Å². The number of likely N-dealkylation sites (tertiary alicyclic amines) is 1. The van der Waals surface area contributed by atoms with Crippen molar-refractivity contribution in [3.63, 3.8) is 0 Å². The first-order valence-electron chi connectivity index (χ1n) is 22.0. The molecule has 1 aromatic heterocycles. The number of ether oxygens (including phenoxy) is 2. The topological polar surface area (TPSA) is 213 Å². The van der Waals surface area contributed by atoms with Gasteiger partial charge in [-0.2, -0.15) is 10.5 Å². The van der Waals surface area contributed by atoms with E-state index in [-0.39, 0.29) is 44.2 Å². The highest BCUT2D eigenvalue weighted by Crippen LogP contribution is 2.55. The minimum absolute atomic E-state index is 0.0333. The van der Waals surface area contributed by atoms with E-state index in [0.29, 0.717) is 53.7 Å². The molecule has 2 aliphatic heterocycles. The van der Waals surface area contributed by atoms with Crippen molar-refractivity contribution < 1.29 is 33.8 Å². The predicted octanol–water partition coefficient (Wildman–Crippen LogP) is 4.04. The van der Waals surface area contributed by atoms with Crippen LogP contribution in [0.2, 0.25) is 5.02 Å². The predicted molar refractivity (Wildman–Crippen MR) is 244 cm³/mol. The Kier molecular flexibility index (Phi) is 15.1. The molecule has 0 spiro atoms. The molecule has 65 heavy (non-hydrogen) atoms. The molecule has 1 saturated carbocycles. The Bertz CT molecular complexity index is 2280. The number of carbonyl (C=O) groups is 4. The van der Waals surface area contributed by atoms with Crippen LogP contribution in [0.25, 0.3) is 0 Å². The average molecular weight is 911 g/mol. The number of pyridine rings is 1.